The van der Waals surface area contributed by atoms with Crippen molar-refractivity contribution < 1.29 is 9.16 Å². The zero-order chi connectivity index (χ0) is 20.3. The van der Waals surface area contributed by atoms with Crippen LogP contribution >= 0.6 is 0 Å². The van der Waals surface area contributed by atoms with E-state index in [-0.39, 0.29) is 0 Å². The average Bonchev–Trinajstić information content (AvgIpc) is 2.65. The Morgan fingerprint density at radius 2 is 1.26 bits per heavy atom. The first-order valence-corrected chi connectivity index (χ1v) is 22.2. The van der Waals surface area contributed by atoms with Gasteiger partial charge in [-0.1, -0.05) is 0 Å². The summed E-state index contributed by atoms with van der Waals surface area (Å²) in [4.78, 5) is 0. The van der Waals surface area contributed by atoms with Crippen molar-refractivity contribution in [2.24, 2.45) is 0 Å². The third-order valence-electron chi connectivity index (χ3n) is 5.53. The minimum absolute atomic E-state index is 0.404. The molecule has 0 saturated carbocycles. The Bertz CT molecular complexity index is 488. The number of ether oxygens (including phenoxy) is 1. The van der Waals surface area contributed by atoms with Gasteiger partial charge in [0.15, 0.2) is 0 Å². The first kappa shape index (κ1) is 25.0. The summed E-state index contributed by atoms with van der Waals surface area (Å²) in [5.41, 5.74) is 1.43. The third-order valence-corrected chi connectivity index (χ3v) is 23.2. The van der Waals surface area contributed by atoms with Crippen LogP contribution in [0.5, 0.6) is 5.75 Å². The summed E-state index contributed by atoms with van der Waals surface area (Å²) in [6.45, 7) is 14.1. The predicted octanol–water partition coefficient (Wildman–Crippen LogP) is 7.98. The topological polar surface area (TPSA) is 18.5 Å². The van der Waals surface area contributed by atoms with Gasteiger partial charge < -0.3 is 0 Å². The molecule has 1 rings (SSSR count). The number of hydrogen-bond donors (Lipinski definition) is 0. The predicted molar refractivity (Wildman–Crippen MR) is 125 cm³/mol. The molecule has 27 heavy (non-hydrogen) atoms. The molecule has 1 aromatic rings. The van der Waals surface area contributed by atoms with Gasteiger partial charge in [-0.3, -0.25) is 0 Å². The van der Waals surface area contributed by atoms with E-state index in [9.17, 15) is 0 Å². The van der Waals surface area contributed by atoms with Crippen LogP contribution in [0.4, 0.5) is 0 Å². The van der Waals surface area contributed by atoms with Crippen LogP contribution in [0, 0.1) is 0 Å². The van der Waals surface area contributed by atoms with Crippen molar-refractivity contribution in [3.63, 3.8) is 0 Å². The Kier molecular flexibility index (Phi) is 11.6. The van der Waals surface area contributed by atoms with Gasteiger partial charge in [-0.05, 0) is 0 Å². The average molecular weight is 499 g/mol. The van der Waals surface area contributed by atoms with E-state index in [2.05, 4.69) is 64.7 Å². The minimum atomic E-state index is -2.54. The molecule has 156 valence electrons. The summed E-state index contributed by atoms with van der Waals surface area (Å²) < 4.78 is 17.3. The SMILES string of the molecule is CCC[CH2][Sn]([CH2]CCC)([CH2]CCC)[CH](O[Si](C)(C)C)c1ccc(OC)cc1. The van der Waals surface area contributed by atoms with Gasteiger partial charge in [0, 0.05) is 0 Å². The summed E-state index contributed by atoms with van der Waals surface area (Å²) >= 11 is -2.54. The third kappa shape index (κ3) is 8.49. The van der Waals surface area contributed by atoms with E-state index >= 15 is 0 Å². The van der Waals surface area contributed by atoms with Crippen molar-refractivity contribution in [3.8, 4) is 5.75 Å². The van der Waals surface area contributed by atoms with Gasteiger partial charge in [0.05, 0.1) is 0 Å². The second-order valence-corrected chi connectivity index (χ2v) is 27.1. The van der Waals surface area contributed by atoms with E-state index in [0.717, 1.165) is 5.75 Å². The van der Waals surface area contributed by atoms with Gasteiger partial charge in [0.25, 0.3) is 0 Å². The zero-order valence-corrected chi connectivity index (χ0v) is 22.9. The molecule has 4 heteroatoms. The fraction of sp³-hybridized carbons (Fsp3) is 0.739. The molecule has 0 aromatic heterocycles. The molecule has 0 radical (unpaired) electrons. The summed E-state index contributed by atoms with van der Waals surface area (Å²) in [7, 11) is 0.117. The van der Waals surface area contributed by atoms with Crippen LogP contribution < -0.4 is 4.74 Å². The van der Waals surface area contributed by atoms with Gasteiger partial charge in [0.1, 0.15) is 0 Å². The number of hydrogen-bond acceptors (Lipinski definition) is 2. The molecule has 0 heterocycles. The Morgan fingerprint density at radius 3 is 1.59 bits per heavy atom. The molecule has 0 fully saturated rings. The Morgan fingerprint density at radius 1 is 0.815 bits per heavy atom. The van der Waals surface area contributed by atoms with Crippen LogP contribution in [0.25, 0.3) is 0 Å². The standard InChI is InChI=1S/C11H17O2Si.3C4H9.Sn/c1-12-11-7-5-10(6-8-11)9-13-14(2,3)4;3*1-3-4-2;/h5-9H,1-4H3;3*1,3-4H2,2H3;. The molecular weight excluding hydrogens is 455 g/mol. The number of unbranched alkanes of at least 4 members (excludes halogenated alkanes) is 3. The first-order chi connectivity index (χ1) is 12.8. The van der Waals surface area contributed by atoms with Crippen molar-refractivity contribution in [1.82, 2.24) is 0 Å². The van der Waals surface area contributed by atoms with Crippen LogP contribution in [-0.2, 0) is 4.43 Å². The van der Waals surface area contributed by atoms with E-state index < -0.39 is 26.7 Å². The van der Waals surface area contributed by atoms with Gasteiger partial charge in [0.2, 0.25) is 0 Å². The molecule has 0 N–H and O–H groups in total. The summed E-state index contributed by atoms with van der Waals surface area (Å²) in [6.07, 6.45) is 8.05. The molecule has 0 aliphatic carbocycles. The van der Waals surface area contributed by atoms with Crippen molar-refractivity contribution in [1.29, 1.82) is 0 Å². The van der Waals surface area contributed by atoms with Gasteiger partial charge in [-0.2, -0.15) is 0 Å². The second kappa shape index (κ2) is 12.5. The van der Waals surface area contributed by atoms with Crippen LogP contribution in [-0.4, -0.2) is 33.8 Å². The molecule has 0 spiro atoms. The van der Waals surface area contributed by atoms with E-state index in [0.29, 0.717) is 4.12 Å². The monoisotopic (exact) mass is 500 g/mol. The number of rotatable bonds is 14. The van der Waals surface area contributed by atoms with Crippen LogP contribution in [0.2, 0.25) is 33.0 Å². The van der Waals surface area contributed by atoms with E-state index in [4.69, 9.17) is 9.16 Å². The molecule has 1 atom stereocenters. The van der Waals surface area contributed by atoms with Crippen LogP contribution in [0.1, 0.15) is 69.0 Å². The second-order valence-electron chi connectivity index (χ2n) is 9.06. The fourth-order valence-electron chi connectivity index (χ4n) is 4.03. The summed E-state index contributed by atoms with van der Waals surface area (Å²) in [5, 5.41) is 0. The van der Waals surface area contributed by atoms with Crippen molar-refractivity contribution in [2.75, 3.05) is 7.11 Å². The molecular formula is C23H44O2SiSn. The van der Waals surface area contributed by atoms with Gasteiger partial charge >= 0.3 is 175 Å². The van der Waals surface area contributed by atoms with Crippen molar-refractivity contribution in [2.45, 2.75) is 96.4 Å². The summed E-state index contributed by atoms with van der Waals surface area (Å²) in [5.74, 6) is 0.946. The Labute approximate surface area is 174 Å². The van der Waals surface area contributed by atoms with Gasteiger partial charge in [-0.25, -0.2) is 0 Å². The van der Waals surface area contributed by atoms with Crippen LogP contribution in [0.15, 0.2) is 24.3 Å². The Hall–Kier alpha value is -0.00442. The fourth-order valence-corrected chi connectivity index (χ4v) is 26.3. The molecule has 0 bridgehead atoms. The van der Waals surface area contributed by atoms with Crippen LogP contribution in [0.3, 0.4) is 0 Å². The van der Waals surface area contributed by atoms with E-state index in [1.165, 1.54) is 57.4 Å². The molecule has 0 saturated heterocycles. The first-order valence-electron chi connectivity index (χ1n) is 11.1. The summed E-state index contributed by atoms with van der Waals surface area (Å²) in [6, 6.07) is 8.84. The maximum absolute atomic E-state index is 7.05. The zero-order valence-electron chi connectivity index (χ0n) is 19.1. The van der Waals surface area contributed by atoms with Gasteiger partial charge in [-0.15, -0.1) is 0 Å². The number of benzene rings is 1. The normalized spacial score (nSPS) is 13.6. The molecule has 0 aliphatic heterocycles. The quantitative estimate of drug-likeness (QED) is 0.242. The molecule has 1 unspecified atom stereocenters. The molecule has 2 nitrogen and oxygen atoms in total. The van der Waals surface area contributed by atoms with Crippen molar-refractivity contribution in [3.05, 3.63) is 29.8 Å². The molecule has 0 aliphatic rings. The molecule has 1 aromatic carbocycles. The van der Waals surface area contributed by atoms with Crippen molar-refractivity contribution >= 4 is 26.7 Å². The Balaban J connectivity index is 3.37. The van der Waals surface area contributed by atoms with E-state index in [1.807, 2.05) is 0 Å². The maximum atomic E-state index is 7.05. The van der Waals surface area contributed by atoms with E-state index in [1.54, 1.807) is 7.11 Å². The number of methoxy groups -OCH3 is 1. The molecule has 0 amide bonds.